The van der Waals surface area contributed by atoms with Gasteiger partial charge in [0, 0.05) is 0 Å². The van der Waals surface area contributed by atoms with Gasteiger partial charge in [0.25, 0.3) is 0 Å². The van der Waals surface area contributed by atoms with Gasteiger partial charge in [-0.1, -0.05) is 27.2 Å². The fourth-order valence-corrected chi connectivity index (χ4v) is 2.36. The van der Waals surface area contributed by atoms with Crippen molar-refractivity contribution in [3.05, 3.63) is 0 Å². The topological polar surface area (TPSA) is 75.3 Å². The first-order valence-electron chi connectivity index (χ1n) is 5.65. The molecule has 1 unspecified atom stereocenters. The molecule has 0 spiro atoms. The summed E-state index contributed by atoms with van der Waals surface area (Å²) in [5, 5.41) is 4.36. The summed E-state index contributed by atoms with van der Waals surface area (Å²) in [6, 6.07) is -0.720. The summed E-state index contributed by atoms with van der Waals surface area (Å²) in [4.78, 5) is 34.8. The number of hydrogen-bond acceptors (Lipinski definition) is 3. The van der Waals surface area contributed by atoms with E-state index in [2.05, 4.69) is 10.6 Å². The number of hydrogen-bond donors (Lipinski definition) is 2. The Bertz CT molecular complexity index is 326. The number of imide groups is 2. The predicted octanol–water partition coefficient (Wildman–Crippen LogP) is -4.58. The maximum Gasteiger partial charge on any atom is 1.00 e. The van der Waals surface area contributed by atoms with Crippen LogP contribution in [0, 0.1) is 11.3 Å². The minimum absolute atomic E-state index is 0. The van der Waals surface area contributed by atoms with Gasteiger partial charge in [-0.2, -0.15) is 0 Å². The van der Waals surface area contributed by atoms with E-state index in [1.807, 2.05) is 13.8 Å². The van der Waals surface area contributed by atoms with Crippen molar-refractivity contribution >= 4 is 17.8 Å². The molecule has 1 fully saturated rings. The molecule has 0 aromatic rings. The normalized spacial score (nSPS) is 18.9. The van der Waals surface area contributed by atoms with Gasteiger partial charge in [0.15, 0.2) is 0 Å². The van der Waals surface area contributed by atoms with Crippen LogP contribution in [0.2, 0.25) is 0 Å². The van der Waals surface area contributed by atoms with Gasteiger partial charge in [-0.05, 0) is 18.8 Å². The summed E-state index contributed by atoms with van der Waals surface area (Å²) in [7, 11) is 0. The van der Waals surface area contributed by atoms with Crippen LogP contribution in [-0.4, -0.2) is 17.8 Å². The van der Waals surface area contributed by atoms with E-state index < -0.39 is 23.3 Å². The van der Waals surface area contributed by atoms with Crippen LogP contribution < -0.4 is 59.1 Å². The van der Waals surface area contributed by atoms with Gasteiger partial charge >= 0.3 is 54.4 Å². The summed E-state index contributed by atoms with van der Waals surface area (Å²) in [6.07, 6.45) is 2.08. The third-order valence-corrected chi connectivity index (χ3v) is 3.39. The molecule has 7 heteroatoms. The van der Waals surface area contributed by atoms with Crippen molar-refractivity contribution < 1.29 is 65.7 Å². The van der Waals surface area contributed by atoms with Gasteiger partial charge in [0.2, 0.25) is 11.8 Å². The fraction of sp³-hybridized carbons (Fsp3) is 0.727. The summed E-state index contributed by atoms with van der Waals surface area (Å²) in [5.74, 6) is -1.01. The number of amides is 4. The van der Waals surface area contributed by atoms with Crippen molar-refractivity contribution in [2.45, 2.75) is 40.0 Å². The molecule has 94 valence electrons. The number of nitrogens with one attached hydrogen (secondary N) is 2. The van der Waals surface area contributed by atoms with Crippen molar-refractivity contribution in [2.75, 3.05) is 0 Å². The molecule has 0 aromatic carbocycles. The number of urea groups is 1. The van der Waals surface area contributed by atoms with Crippen LogP contribution in [0.25, 0.3) is 0 Å². The zero-order valence-electron chi connectivity index (χ0n) is 13.9. The van der Waals surface area contributed by atoms with E-state index in [0.29, 0.717) is 6.42 Å². The Morgan fingerprint density at radius 1 is 1.17 bits per heavy atom. The van der Waals surface area contributed by atoms with Crippen molar-refractivity contribution in [2.24, 2.45) is 11.3 Å². The summed E-state index contributed by atoms with van der Waals surface area (Å²) in [5.41, 5.74) is -1.09. The van der Waals surface area contributed by atoms with Crippen LogP contribution >= 0.6 is 0 Å². The van der Waals surface area contributed by atoms with E-state index in [1.165, 1.54) is 0 Å². The third-order valence-electron chi connectivity index (χ3n) is 3.39. The first-order valence-corrected chi connectivity index (χ1v) is 5.65. The molecule has 1 aliphatic rings. The largest absolute Gasteiger partial charge is 1.00 e. The van der Waals surface area contributed by atoms with Gasteiger partial charge in [-0.3, -0.25) is 20.2 Å². The Balaban J connectivity index is -0.000000320. The quantitative estimate of drug-likeness (QED) is 0.394. The molecule has 2 N–H and O–H groups in total. The molecule has 1 atom stereocenters. The average Bonchev–Trinajstić information content (AvgIpc) is 2.18. The number of rotatable bonds is 4. The van der Waals surface area contributed by atoms with Crippen LogP contribution in [0.1, 0.15) is 42.9 Å². The molecular formula is C11H20LiN2NaO3. The molecule has 5 nitrogen and oxygen atoms in total. The number of carbonyl (C=O) groups is 3. The predicted molar refractivity (Wildman–Crippen MR) is 60.7 cm³/mol. The Morgan fingerprint density at radius 3 is 1.94 bits per heavy atom. The molecule has 1 rings (SSSR count). The third kappa shape index (κ3) is 3.61. The van der Waals surface area contributed by atoms with Crippen LogP contribution in [0.3, 0.4) is 0 Å². The molecule has 0 bridgehead atoms. The minimum atomic E-state index is -1.09. The van der Waals surface area contributed by atoms with Gasteiger partial charge in [-0.25, -0.2) is 4.79 Å². The fourth-order valence-electron chi connectivity index (χ4n) is 2.36. The minimum Gasteiger partial charge on any atom is -1.00 e. The van der Waals surface area contributed by atoms with Crippen LogP contribution in [0.4, 0.5) is 4.79 Å². The van der Waals surface area contributed by atoms with E-state index in [0.717, 1.165) is 12.8 Å². The second-order valence-electron chi connectivity index (χ2n) is 4.25. The molecule has 1 saturated heterocycles. The maximum absolute atomic E-state index is 11.9. The first kappa shape index (κ1) is 20.5. The molecule has 0 aromatic heterocycles. The first-order chi connectivity index (χ1) is 7.48. The zero-order chi connectivity index (χ0) is 12.3. The van der Waals surface area contributed by atoms with Crippen LogP contribution in [0.5, 0.6) is 0 Å². The van der Waals surface area contributed by atoms with E-state index in [-0.39, 0.29) is 57.2 Å². The van der Waals surface area contributed by atoms with E-state index in [1.54, 1.807) is 6.92 Å². The monoisotopic (exact) mass is 258 g/mol. The van der Waals surface area contributed by atoms with Gasteiger partial charge in [-0.15, -0.1) is 0 Å². The zero-order valence-corrected chi connectivity index (χ0v) is 13.9. The second-order valence-corrected chi connectivity index (χ2v) is 4.25. The van der Waals surface area contributed by atoms with Crippen LogP contribution in [-0.2, 0) is 9.59 Å². The Kier molecular flexibility index (Phi) is 9.57. The van der Waals surface area contributed by atoms with Crippen LogP contribution in [0.15, 0.2) is 0 Å². The van der Waals surface area contributed by atoms with Crippen molar-refractivity contribution in [1.82, 2.24) is 10.6 Å². The van der Waals surface area contributed by atoms with Gasteiger partial charge < -0.3 is 2.85 Å². The van der Waals surface area contributed by atoms with Crippen molar-refractivity contribution in [1.29, 1.82) is 0 Å². The Labute approximate surface area is 145 Å². The molecule has 4 amide bonds. The SMILES string of the molecule is CCCC(C)C1(CC)C(=O)NC(=O)NC1=O.[H-].[H-].[Li+].[Na+]. The maximum atomic E-state index is 11.9. The molecule has 0 saturated carbocycles. The number of barbiturate groups is 1. The summed E-state index contributed by atoms with van der Waals surface area (Å²) in [6.45, 7) is 5.67. The molecule has 1 aliphatic heterocycles. The smallest absolute Gasteiger partial charge is 1.00 e. The van der Waals surface area contributed by atoms with Crippen molar-refractivity contribution in [3.8, 4) is 0 Å². The summed E-state index contributed by atoms with van der Waals surface area (Å²) >= 11 is 0. The Hall–Kier alpha value is 0.207. The molecule has 1 heterocycles. The summed E-state index contributed by atoms with van der Waals surface area (Å²) < 4.78 is 0. The molecule has 0 radical (unpaired) electrons. The standard InChI is InChI=1S/C11H18N2O3.Li.Na.2H/c1-4-6-7(3)11(5-2)8(14)12-10(16)13-9(11)15;;;;/h7H,4-6H2,1-3H3,(H2,12,13,14,15,16);;;;/q;2*+1;2*-1. The molecular weight excluding hydrogens is 238 g/mol. The van der Waals surface area contributed by atoms with Crippen molar-refractivity contribution in [3.63, 3.8) is 0 Å². The molecule has 0 aliphatic carbocycles. The van der Waals surface area contributed by atoms with E-state index in [9.17, 15) is 14.4 Å². The Morgan fingerprint density at radius 2 is 1.61 bits per heavy atom. The van der Waals surface area contributed by atoms with Gasteiger partial charge in [0.05, 0.1) is 0 Å². The van der Waals surface area contributed by atoms with Gasteiger partial charge in [0.1, 0.15) is 5.41 Å². The second kappa shape index (κ2) is 8.39. The average molecular weight is 258 g/mol. The molecule has 18 heavy (non-hydrogen) atoms. The van der Waals surface area contributed by atoms with E-state index in [4.69, 9.17) is 0 Å². The number of carbonyl (C=O) groups excluding carboxylic acids is 3. The van der Waals surface area contributed by atoms with E-state index >= 15 is 0 Å².